The Bertz CT molecular complexity index is 497. The molecule has 0 atom stereocenters. The summed E-state index contributed by atoms with van der Waals surface area (Å²) < 4.78 is 0. The van der Waals surface area contributed by atoms with Crippen LogP contribution in [0.2, 0.25) is 0 Å². The lowest BCUT2D eigenvalue weighted by Gasteiger charge is -2.16. The molecule has 1 N–H and O–H groups in total. The van der Waals surface area contributed by atoms with Gasteiger partial charge in [0.1, 0.15) is 23.9 Å². The molecule has 0 aliphatic heterocycles. The molecule has 0 amide bonds. The third-order valence-corrected chi connectivity index (χ3v) is 2.23. The first-order chi connectivity index (χ1) is 7.79. The third kappa shape index (κ3) is 2.17. The first-order valence-corrected chi connectivity index (χ1v) is 4.85. The SMILES string of the molecule is CN(Cc1ccc[nH]1)c1cc(C#N)ncn1. The number of hydrogen-bond acceptors (Lipinski definition) is 4. The average Bonchev–Trinajstić information content (AvgIpc) is 2.82. The zero-order valence-corrected chi connectivity index (χ0v) is 8.88. The average molecular weight is 213 g/mol. The summed E-state index contributed by atoms with van der Waals surface area (Å²) in [5, 5.41) is 8.74. The summed E-state index contributed by atoms with van der Waals surface area (Å²) in [4.78, 5) is 13.0. The van der Waals surface area contributed by atoms with Crippen LogP contribution in [0.3, 0.4) is 0 Å². The van der Waals surface area contributed by atoms with Gasteiger partial charge in [-0.3, -0.25) is 0 Å². The molecule has 0 radical (unpaired) electrons. The highest BCUT2D eigenvalue weighted by Crippen LogP contribution is 2.11. The van der Waals surface area contributed by atoms with Gasteiger partial charge in [0, 0.05) is 25.0 Å². The van der Waals surface area contributed by atoms with Crippen LogP contribution in [0.4, 0.5) is 5.82 Å². The van der Waals surface area contributed by atoms with Crippen molar-refractivity contribution >= 4 is 5.82 Å². The molecule has 0 aliphatic carbocycles. The van der Waals surface area contributed by atoms with Crippen LogP contribution in [-0.4, -0.2) is 22.0 Å². The number of nitrogens with one attached hydrogen (secondary N) is 1. The monoisotopic (exact) mass is 213 g/mol. The lowest BCUT2D eigenvalue weighted by molar-refractivity contribution is 0.867. The van der Waals surface area contributed by atoms with Gasteiger partial charge >= 0.3 is 0 Å². The minimum absolute atomic E-state index is 0.378. The summed E-state index contributed by atoms with van der Waals surface area (Å²) in [6, 6.07) is 7.62. The maximum absolute atomic E-state index is 8.74. The van der Waals surface area contributed by atoms with E-state index in [-0.39, 0.29) is 0 Å². The smallest absolute Gasteiger partial charge is 0.145 e. The fraction of sp³-hybridized carbons (Fsp3) is 0.182. The molecular weight excluding hydrogens is 202 g/mol. The van der Waals surface area contributed by atoms with Gasteiger partial charge in [-0.1, -0.05) is 0 Å². The van der Waals surface area contributed by atoms with Gasteiger partial charge in [-0.05, 0) is 12.1 Å². The molecule has 2 aromatic heterocycles. The molecule has 0 saturated carbocycles. The Kier molecular flexibility index (Phi) is 2.83. The van der Waals surface area contributed by atoms with Crippen molar-refractivity contribution in [3.63, 3.8) is 0 Å². The van der Waals surface area contributed by atoms with E-state index in [2.05, 4.69) is 15.0 Å². The van der Waals surface area contributed by atoms with Gasteiger partial charge in [0.25, 0.3) is 0 Å². The summed E-state index contributed by atoms with van der Waals surface area (Å²) in [5.41, 5.74) is 1.47. The molecule has 2 rings (SSSR count). The number of rotatable bonds is 3. The van der Waals surface area contributed by atoms with Gasteiger partial charge in [-0.2, -0.15) is 5.26 Å². The zero-order valence-electron chi connectivity index (χ0n) is 8.88. The van der Waals surface area contributed by atoms with Gasteiger partial charge in [0.05, 0.1) is 6.54 Å². The van der Waals surface area contributed by atoms with Crippen LogP contribution in [0.25, 0.3) is 0 Å². The molecule has 16 heavy (non-hydrogen) atoms. The van der Waals surface area contributed by atoms with E-state index in [1.165, 1.54) is 6.33 Å². The van der Waals surface area contributed by atoms with E-state index in [1.807, 2.05) is 36.3 Å². The van der Waals surface area contributed by atoms with E-state index >= 15 is 0 Å². The van der Waals surface area contributed by atoms with E-state index in [4.69, 9.17) is 5.26 Å². The second kappa shape index (κ2) is 4.45. The molecule has 80 valence electrons. The Hall–Kier alpha value is -2.35. The van der Waals surface area contributed by atoms with Crippen molar-refractivity contribution in [3.05, 3.63) is 42.1 Å². The van der Waals surface area contributed by atoms with Gasteiger partial charge < -0.3 is 9.88 Å². The van der Waals surface area contributed by atoms with Crippen LogP contribution < -0.4 is 4.90 Å². The summed E-state index contributed by atoms with van der Waals surface area (Å²) in [6.45, 7) is 0.717. The largest absolute Gasteiger partial charge is 0.364 e. The number of nitrogens with zero attached hydrogens (tertiary/aromatic N) is 4. The summed E-state index contributed by atoms with van der Waals surface area (Å²) in [7, 11) is 1.92. The van der Waals surface area contributed by atoms with Crippen molar-refractivity contribution < 1.29 is 0 Å². The number of hydrogen-bond donors (Lipinski definition) is 1. The second-order valence-electron chi connectivity index (χ2n) is 3.42. The van der Waals surface area contributed by atoms with Crippen molar-refractivity contribution in [3.8, 4) is 6.07 Å². The topological polar surface area (TPSA) is 68.6 Å². The molecule has 0 aliphatic rings. The Labute approximate surface area is 93.4 Å². The molecule has 0 unspecified atom stereocenters. The molecule has 0 saturated heterocycles. The highest BCUT2D eigenvalue weighted by Gasteiger charge is 2.05. The summed E-state index contributed by atoms with van der Waals surface area (Å²) in [5.74, 6) is 0.737. The number of aromatic amines is 1. The second-order valence-corrected chi connectivity index (χ2v) is 3.42. The van der Waals surface area contributed by atoms with Crippen molar-refractivity contribution in [1.29, 1.82) is 5.26 Å². The predicted molar refractivity (Wildman–Crippen MR) is 59.6 cm³/mol. The minimum Gasteiger partial charge on any atom is -0.364 e. The molecular formula is C11H11N5. The van der Waals surface area contributed by atoms with Crippen molar-refractivity contribution in [1.82, 2.24) is 15.0 Å². The number of anilines is 1. The Morgan fingerprint density at radius 1 is 1.50 bits per heavy atom. The van der Waals surface area contributed by atoms with Crippen molar-refractivity contribution in [2.75, 3.05) is 11.9 Å². The van der Waals surface area contributed by atoms with Crippen LogP contribution in [0.5, 0.6) is 0 Å². The van der Waals surface area contributed by atoms with Crippen molar-refractivity contribution in [2.45, 2.75) is 6.54 Å². The first kappa shape index (κ1) is 10.2. The molecule has 5 heteroatoms. The molecule has 0 fully saturated rings. The third-order valence-electron chi connectivity index (χ3n) is 2.23. The normalized spacial score (nSPS) is 9.75. The number of H-pyrrole nitrogens is 1. The summed E-state index contributed by atoms with van der Waals surface area (Å²) >= 11 is 0. The molecule has 0 spiro atoms. The van der Waals surface area contributed by atoms with Crippen LogP contribution in [-0.2, 0) is 6.54 Å². The van der Waals surface area contributed by atoms with E-state index < -0.39 is 0 Å². The molecule has 0 bridgehead atoms. The van der Waals surface area contributed by atoms with E-state index in [9.17, 15) is 0 Å². The Balaban J connectivity index is 2.15. The first-order valence-electron chi connectivity index (χ1n) is 4.85. The Morgan fingerprint density at radius 2 is 2.38 bits per heavy atom. The molecule has 0 aromatic carbocycles. The van der Waals surface area contributed by atoms with E-state index in [0.29, 0.717) is 5.69 Å². The Morgan fingerprint density at radius 3 is 3.06 bits per heavy atom. The molecule has 2 aromatic rings. The fourth-order valence-electron chi connectivity index (χ4n) is 1.42. The zero-order chi connectivity index (χ0) is 11.4. The number of aromatic nitrogens is 3. The highest BCUT2D eigenvalue weighted by molar-refractivity contribution is 5.41. The maximum Gasteiger partial charge on any atom is 0.145 e. The van der Waals surface area contributed by atoms with Gasteiger partial charge in [-0.25, -0.2) is 9.97 Å². The number of nitriles is 1. The lowest BCUT2D eigenvalue weighted by atomic mass is 10.3. The fourth-order valence-corrected chi connectivity index (χ4v) is 1.42. The lowest BCUT2D eigenvalue weighted by Crippen LogP contribution is -2.18. The molecule has 2 heterocycles. The van der Waals surface area contributed by atoms with Crippen LogP contribution >= 0.6 is 0 Å². The standard InChI is InChI=1S/C11H11N5/c1-16(7-9-3-2-4-13-9)11-5-10(6-12)14-8-15-11/h2-5,8,13H,7H2,1H3. The molecule has 5 nitrogen and oxygen atoms in total. The van der Waals surface area contributed by atoms with E-state index in [1.54, 1.807) is 6.07 Å². The van der Waals surface area contributed by atoms with Gasteiger partial charge in [0.2, 0.25) is 0 Å². The maximum atomic E-state index is 8.74. The summed E-state index contributed by atoms with van der Waals surface area (Å²) in [6.07, 6.45) is 3.28. The van der Waals surface area contributed by atoms with Crippen LogP contribution in [0.1, 0.15) is 11.4 Å². The van der Waals surface area contributed by atoms with Crippen LogP contribution in [0.15, 0.2) is 30.7 Å². The van der Waals surface area contributed by atoms with E-state index in [0.717, 1.165) is 18.1 Å². The van der Waals surface area contributed by atoms with Crippen molar-refractivity contribution in [2.24, 2.45) is 0 Å². The predicted octanol–water partition coefficient (Wildman–Crippen LogP) is 1.31. The van der Waals surface area contributed by atoms with Gasteiger partial charge in [-0.15, -0.1) is 0 Å². The van der Waals surface area contributed by atoms with Crippen LogP contribution in [0, 0.1) is 11.3 Å². The quantitative estimate of drug-likeness (QED) is 0.834. The minimum atomic E-state index is 0.378. The van der Waals surface area contributed by atoms with Gasteiger partial charge in [0.15, 0.2) is 0 Å². The highest BCUT2D eigenvalue weighted by atomic mass is 15.2.